The summed E-state index contributed by atoms with van der Waals surface area (Å²) in [4.78, 5) is 0. The molecule has 0 heterocycles. The van der Waals surface area contributed by atoms with E-state index in [1.165, 1.54) is 16.6 Å². The van der Waals surface area contributed by atoms with Gasteiger partial charge in [-0.1, -0.05) is 87.3 Å². The highest BCUT2D eigenvalue weighted by molar-refractivity contribution is 6.66. The molecule has 0 spiro atoms. The van der Waals surface area contributed by atoms with Crippen molar-refractivity contribution in [1.29, 1.82) is 0 Å². The molecule has 1 aromatic carbocycles. The lowest BCUT2D eigenvalue weighted by Gasteiger charge is -2.44. The Bertz CT molecular complexity index is 659. The van der Waals surface area contributed by atoms with Crippen LogP contribution in [0.5, 0.6) is 0 Å². The van der Waals surface area contributed by atoms with E-state index in [0.717, 1.165) is 0 Å². The predicted molar refractivity (Wildman–Crippen MR) is 112 cm³/mol. The van der Waals surface area contributed by atoms with Gasteiger partial charge in [0.05, 0.1) is 5.60 Å². The van der Waals surface area contributed by atoms with Gasteiger partial charge in [-0.25, -0.2) is 0 Å². The van der Waals surface area contributed by atoms with Gasteiger partial charge in [0.25, 0.3) is 0 Å². The van der Waals surface area contributed by atoms with Crippen LogP contribution < -0.4 is 5.46 Å². The van der Waals surface area contributed by atoms with E-state index in [-0.39, 0.29) is 34.2 Å². The Hall–Kier alpha value is -0.755. The Morgan fingerprint density at radius 3 is 1.76 bits per heavy atom. The number of rotatable bonds is 3. The molecule has 1 aromatic rings. The first-order valence-electron chi connectivity index (χ1n) is 9.79. The van der Waals surface area contributed by atoms with Gasteiger partial charge in [-0.05, 0) is 52.1 Å². The Balaban J connectivity index is 2.44. The second-order valence-corrected chi connectivity index (χ2v) is 11.2. The number of benzene rings is 1. The third kappa shape index (κ3) is 2.89. The van der Waals surface area contributed by atoms with Crippen molar-refractivity contribution in [1.82, 2.24) is 0 Å². The summed E-state index contributed by atoms with van der Waals surface area (Å²) in [6, 6.07) is 7.04. The highest BCUT2D eigenvalue weighted by Crippen LogP contribution is 2.61. The van der Waals surface area contributed by atoms with Crippen LogP contribution in [0.1, 0.15) is 87.3 Å². The quantitative estimate of drug-likeness (QED) is 0.617. The van der Waals surface area contributed by atoms with Crippen molar-refractivity contribution in [3.8, 4) is 0 Å². The van der Waals surface area contributed by atoms with Crippen molar-refractivity contribution in [3.63, 3.8) is 0 Å². The Kier molecular flexibility index (Phi) is 4.62. The van der Waals surface area contributed by atoms with Gasteiger partial charge >= 0.3 is 6.92 Å². The standard InChI is InChI=1S/C23H39BO/c1-19(2,3)23(10,11)25-24(12)16-13-14-17-18(15-16)21(6,7)22(8,9)20(17,4)5/h13-15H,1-12H3. The van der Waals surface area contributed by atoms with Crippen molar-refractivity contribution in [2.45, 2.75) is 99.4 Å². The van der Waals surface area contributed by atoms with Crippen LogP contribution >= 0.6 is 0 Å². The lowest BCUT2D eigenvalue weighted by Crippen LogP contribution is -2.47. The van der Waals surface area contributed by atoms with Gasteiger partial charge in [0.2, 0.25) is 0 Å². The molecule has 1 aliphatic carbocycles. The molecule has 1 nitrogen and oxygen atoms in total. The summed E-state index contributed by atoms with van der Waals surface area (Å²) in [5.74, 6) is 0. The molecular weight excluding hydrogens is 303 g/mol. The van der Waals surface area contributed by atoms with Crippen LogP contribution in [-0.4, -0.2) is 12.5 Å². The molecule has 25 heavy (non-hydrogen) atoms. The van der Waals surface area contributed by atoms with Crippen molar-refractivity contribution in [2.75, 3.05) is 0 Å². The minimum absolute atomic E-state index is 0.0853. The average Bonchev–Trinajstić information content (AvgIpc) is 2.53. The first kappa shape index (κ1) is 20.6. The fraction of sp³-hybridized carbons (Fsp3) is 0.739. The molecule has 2 heteroatoms. The smallest absolute Gasteiger partial charge is 0.324 e. The molecule has 0 aliphatic heterocycles. The second-order valence-electron chi connectivity index (χ2n) is 11.2. The Morgan fingerprint density at radius 1 is 0.800 bits per heavy atom. The Morgan fingerprint density at radius 2 is 1.28 bits per heavy atom. The fourth-order valence-electron chi connectivity index (χ4n) is 4.02. The van der Waals surface area contributed by atoms with Gasteiger partial charge in [-0.15, -0.1) is 0 Å². The molecule has 0 aromatic heterocycles. The molecule has 140 valence electrons. The van der Waals surface area contributed by atoms with Gasteiger partial charge < -0.3 is 4.65 Å². The molecule has 1 aliphatic rings. The van der Waals surface area contributed by atoms with E-state index in [9.17, 15) is 0 Å². The van der Waals surface area contributed by atoms with Crippen LogP contribution in [0.15, 0.2) is 18.2 Å². The fourth-order valence-corrected chi connectivity index (χ4v) is 4.02. The summed E-state index contributed by atoms with van der Waals surface area (Å²) in [6.07, 6.45) is 0. The van der Waals surface area contributed by atoms with E-state index in [1.54, 1.807) is 0 Å². The summed E-state index contributed by atoms with van der Waals surface area (Å²) in [7, 11) is 0. The van der Waals surface area contributed by atoms with Gasteiger partial charge in [0.15, 0.2) is 0 Å². The maximum absolute atomic E-state index is 6.52. The molecule has 0 atom stereocenters. The van der Waals surface area contributed by atoms with Crippen LogP contribution in [0.2, 0.25) is 6.82 Å². The van der Waals surface area contributed by atoms with Gasteiger partial charge in [0, 0.05) is 0 Å². The summed E-state index contributed by atoms with van der Waals surface area (Å²) >= 11 is 0. The summed E-state index contributed by atoms with van der Waals surface area (Å²) in [5, 5.41) is 0. The van der Waals surface area contributed by atoms with Crippen LogP contribution in [0.4, 0.5) is 0 Å². The predicted octanol–water partition coefficient (Wildman–Crippen LogP) is 5.95. The molecule has 0 radical (unpaired) electrons. The largest absolute Gasteiger partial charge is 0.426 e. The highest BCUT2D eigenvalue weighted by atomic mass is 16.5. The molecule has 2 rings (SSSR count). The average molecular weight is 342 g/mol. The van der Waals surface area contributed by atoms with Gasteiger partial charge in [0.1, 0.15) is 0 Å². The zero-order valence-electron chi connectivity index (χ0n) is 18.7. The monoisotopic (exact) mass is 342 g/mol. The molecule has 0 saturated carbocycles. The van der Waals surface area contributed by atoms with E-state index in [2.05, 4.69) is 101 Å². The third-order valence-corrected chi connectivity index (χ3v) is 8.26. The van der Waals surface area contributed by atoms with E-state index in [4.69, 9.17) is 4.65 Å². The second kappa shape index (κ2) is 5.62. The summed E-state index contributed by atoms with van der Waals surface area (Å²) < 4.78 is 6.52. The van der Waals surface area contributed by atoms with Crippen molar-refractivity contribution >= 4 is 12.4 Å². The van der Waals surface area contributed by atoms with Crippen LogP contribution in [0.25, 0.3) is 0 Å². The molecule has 0 saturated heterocycles. The zero-order chi connectivity index (χ0) is 19.6. The molecule has 0 fully saturated rings. The van der Waals surface area contributed by atoms with Crippen molar-refractivity contribution in [2.24, 2.45) is 10.8 Å². The summed E-state index contributed by atoms with van der Waals surface area (Å²) in [5.41, 5.74) is 4.70. The van der Waals surface area contributed by atoms with Crippen LogP contribution in [0.3, 0.4) is 0 Å². The topological polar surface area (TPSA) is 9.23 Å². The van der Waals surface area contributed by atoms with Crippen molar-refractivity contribution in [3.05, 3.63) is 29.3 Å². The number of hydrogen-bond acceptors (Lipinski definition) is 1. The number of hydrogen-bond donors (Lipinski definition) is 0. The molecule has 0 unspecified atom stereocenters. The summed E-state index contributed by atoms with van der Waals surface area (Å²) in [6.45, 7) is 27.8. The van der Waals surface area contributed by atoms with Gasteiger partial charge in [-0.2, -0.15) is 0 Å². The van der Waals surface area contributed by atoms with Crippen molar-refractivity contribution < 1.29 is 4.65 Å². The SMILES string of the molecule is CB(OC(C)(C)C(C)(C)C)c1ccc2c(c1)C(C)(C)C(C)(C)C2(C)C. The molecule has 0 bridgehead atoms. The molecular formula is C23H39BO. The van der Waals surface area contributed by atoms with E-state index >= 15 is 0 Å². The van der Waals surface area contributed by atoms with E-state index in [1.807, 2.05) is 0 Å². The van der Waals surface area contributed by atoms with E-state index in [0.29, 0.717) is 0 Å². The van der Waals surface area contributed by atoms with E-state index < -0.39 is 0 Å². The van der Waals surface area contributed by atoms with Gasteiger partial charge in [-0.3, -0.25) is 0 Å². The lowest BCUT2D eigenvalue weighted by atomic mass is 9.59. The van der Waals surface area contributed by atoms with Crippen LogP contribution in [-0.2, 0) is 15.5 Å². The minimum Gasteiger partial charge on any atom is -0.426 e. The minimum atomic E-state index is -0.181. The molecule has 0 amide bonds. The first-order valence-corrected chi connectivity index (χ1v) is 9.79. The Labute approximate surface area is 157 Å². The normalized spacial score (nSPS) is 21.1. The van der Waals surface area contributed by atoms with Crippen LogP contribution in [0, 0.1) is 10.8 Å². The lowest BCUT2D eigenvalue weighted by molar-refractivity contribution is 0.000446. The number of fused-ring (bicyclic) bond motifs is 1. The highest BCUT2D eigenvalue weighted by Gasteiger charge is 2.56. The maximum Gasteiger partial charge on any atom is 0.324 e. The third-order valence-electron chi connectivity index (χ3n) is 8.26. The molecule has 0 N–H and O–H groups in total. The zero-order valence-corrected chi connectivity index (χ0v) is 18.7. The first-order chi connectivity index (χ1) is 11.0. The maximum atomic E-state index is 6.52.